The largest absolute Gasteiger partial charge is 0.481 e. The van der Waals surface area contributed by atoms with E-state index in [9.17, 15) is 9.59 Å². The van der Waals surface area contributed by atoms with Crippen LogP contribution in [0.4, 0.5) is 4.79 Å². The van der Waals surface area contributed by atoms with Crippen LogP contribution in [-0.2, 0) is 9.53 Å². The number of amides is 1. The van der Waals surface area contributed by atoms with Crippen molar-refractivity contribution in [3.8, 4) is 0 Å². The molecule has 122 valence electrons. The molecule has 0 spiro atoms. The SMILES string of the molecule is CC(C)(C)OC(=O)NC(CCC(=O)O)CC1CCCCC1. The van der Waals surface area contributed by atoms with Gasteiger partial charge in [-0.2, -0.15) is 0 Å². The molecule has 0 saturated heterocycles. The van der Waals surface area contributed by atoms with Crippen molar-refractivity contribution >= 4 is 12.1 Å². The number of rotatable bonds is 6. The molecular formula is C16H29NO4. The summed E-state index contributed by atoms with van der Waals surface area (Å²) in [6.45, 7) is 5.46. The van der Waals surface area contributed by atoms with Crippen LogP contribution in [0.2, 0.25) is 0 Å². The Hall–Kier alpha value is -1.26. The zero-order valence-corrected chi connectivity index (χ0v) is 13.5. The van der Waals surface area contributed by atoms with Crippen LogP contribution in [0.1, 0.15) is 72.1 Å². The van der Waals surface area contributed by atoms with E-state index >= 15 is 0 Å². The van der Waals surface area contributed by atoms with Crippen molar-refractivity contribution < 1.29 is 19.4 Å². The second kappa shape index (κ2) is 8.25. The number of carboxylic acid groups (broad SMARTS) is 1. The molecule has 2 N–H and O–H groups in total. The maximum Gasteiger partial charge on any atom is 0.407 e. The fourth-order valence-corrected chi connectivity index (χ4v) is 2.85. The second-order valence-electron chi connectivity index (χ2n) is 7.02. The Morgan fingerprint density at radius 1 is 1.24 bits per heavy atom. The average Bonchev–Trinajstić information content (AvgIpc) is 2.34. The van der Waals surface area contributed by atoms with Crippen LogP contribution >= 0.6 is 0 Å². The number of aliphatic carboxylic acids is 1. The molecular weight excluding hydrogens is 270 g/mol. The fraction of sp³-hybridized carbons (Fsp3) is 0.875. The predicted octanol–water partition coefficient (Wildman–Crippen LogP) is 3.71. The highest BCUT2D eigenvalue weighted by molar-refractivity contribution is 5.69. The molecule has 1 aliphatic carbocycles. The summed E-state index contributed by atoms with van der Waals surface area (Å²) in [6.07, 6.45) is 7.07. The van der Waals surface area contributed by atoms with E-state index in [1.807, 2.05) is 20.8 Å². The summed E-state index contributed by atoms with van der Waals surface area (Å²) in [5.41, 5.74) is -0.535. The fourth-order valence-electron chi connectivity index (χ4n) is 2.85. The lowest BCUT2D eigenvalue weighted by atomic mass is 9.84. The van der Waals surface area contributed by atoms with Gasteiger partial charge in [-0.25, -0.2) is 4.79 Å². The normalized spacial score (nSPS) is 18.0. The van der Waals surface area contributed by atoms with E-state index in [0.29, 0.717) is 12.3 Å². The number of alkyl carbamates (subject to hydrolysis) is 1. The first-order chi connectivity index (χ1) is 9.76. The number of carbonyl (C=O) groups excluding carboxylic acids is 1. The molecule has 0 bridgehead atoms. The van der Waals surface area contributed by atoms with Gasteiger partial charge in [-0.1, -0.05) is 32.1 Å². The summed E-state index contributed by atoms with van der Waals surface area (Å²) >= 11 is 0. The number of hydrogen-bond acceptors (Lipinski definition) is 3. The Bertz CT molecular complexity index is 343. The van der Waals surface area contributed by atoms with Gasteiger partial charge in [-0.3, -0.25) is 4.79 Å². The molecule has 1 rings (SSSR count). The predicted molar refractivity (Wildman–Crippen MR) is 81.2 cm³/mol. The third-order valence-electron chi connectivity index (χ3n) is 3.77. The van der Waals surface area contributed by atoms with Crippen molar-refractivity contribution in [2.45, 2.75) is 83.8 Å². The molecule has 0 aromatic rings. The lowest BCUT2D eigenvalue weighted by molar-refractivity contribution is -0.137. The van der Waals surface area contributed by atoms with Crippen LogP contribution in [0, 0.1) is 5.92 Å². The molecule has 0 aliphatic heterocycles. The van der Waals surface area contributed by atoms with Gasteiger partial charge >= 0.3 is 12.1 Å². The molecule has 21 heavy (non-hydrogen) atoms. The number of carbonyl (C=O) groups is 2. The van der Waals surface area contributed by atoms with Crippen LogP contribution in [0.15, 0.2) is 0 Å². The van der Waals surface area contributed by atoms with Crippen molar-refractivity contribution in [1.29, 1.82) is 0 Å². The monoisotopic (exact) mass is 299 g/mol. The summed E-state index contributed by atoms with van der Waals surface area (Å²) in [4.78, 5) is 22.6. The molecule has 1 amide bonds. The van der Waals surface area contributed by atoms with E-state index in [1.165, 1.54) is 32.1 Å². The van der Waals surface area contributed by atoms with Crippen molar-refractivity contribution in [1.82, 2.24) is 5.32 Å². The third-order valence-corrected chi connectivity index (χ3v) is 3.77. The molecule has 5 nitrogen and oxygen atoms in total. The van der Waals surface area contributed by atoms with Crippen LogP contribution < -0.4 is 5.32 Å². The first-order valence-electron chi connectivity index (χ1n) is 7.97. The third kappa shape index (κ3) is 8.58. The Morgan fingerprint density at radius 2 is 1.86 bits per heavy atom. The maximum atomic E-state index is 11.9. The topological polar surface area (TPSA) is 75.6 Å². The molecule has 0 heterocycles. The Labute approximate surface area is 127 Å². The molecule has 1 atom stereocenters. The molecule has 1 aliphatic rings. The number of ether oxygens (including phenoxy) is 1. The van der Waals surface area contributed by atoms with E-state index in [-0.39, 0.29) is 12.5 Å². The highest BCUT2D eigenvalue weighted by atomic mass is 16.6. The maximum absolute atomic E-state index is 11.9. The van der Waals surface area contributed by atoms with Gasteiger partial charge in [0.15, 0.2) is 0 Å². The van der Waals surface area contributed by atoms with Crippen molar-refractivity contribution in [2.75, 3.05) is 0 Å². The number of nitrogens with one attached hydrogen (secondary N) is 1. The van der Waals surface area contributed by atoms with Crippen molar-refractivity contribution in [3.05, 3.63) is 0 Å². The molecule has 5 heteroatoms. The van der Waals surface area contributed by atoms with Crippen molar-refractivity contribution in [3.63, 3.8) is 0 Å². The van der Waals surface area contributed by atoms with Gasteiger partial charge in [0.25, 0.3) is 0 Å². The van der Waals surface area contributed by atoms with Gasteiger partial charge in [-0.15, -0.1) is 0 Å². The van der Waals surface area contributed by atoms with Gasteiger partial charge in [0.2, 0.25) is 0 Å². The summed E-state index contributed by atoms with van der Waals surface area (Å²) in [6, 6.07) is -0.112. The summed E-state index contributed by atoms with van der Waals surface area (Å²) in [7, 11) is 0. The minimum absolute atomic E-state index is 0.0766. The number of carboxylic acids is 1. The van der Waals surface area contributed by atoms with E-state index < -0.39 is 17.7 Å². The van der Waals surface area contributed by atoms with Gasteiger partial charge in [-0.05, 0) is 39.5 Å². The van der Waals surface area contributed by atoms with Gasteiger partial charge in [0.05, 0.1) is 0 Å². The summed E-state index contributed by atoms with van der Waals surface area (Å²) in [5, 5.41) is 11.7. The van der Waals surface area contributed by atoms with Crippen LogP contribution in [0.25, 0.3) is 0 Å². The van der Waals surface area contributed by atoms with Crippen LogP contribution in [0.5, 0.6) is 0 Å². The minimum atomic E-state index is -0.824. The average molecular weight is 299 g/mol. The van der Waals surface area contributed by atoms with E-state index in [2.05, 4.69) is 5.32 Å². The van der Waals surface area contributed by atoms with Gasteiger partial charge < -0.3 is 15.2 Å². The Balaban J connectivity index is 2.50. The lowest BCUT2D eigenvalue weighted by Gasteiger charge is -2.28. The molecule has 1 unspecified atom stereocenters. The smallest absolute Gasteiger partial charge is 0.407 e. The van der Waals surface area contributed by atoms with Crippen molar-refractivity contribution in [2.24, 2.45) is 5.92 Å². The first-order valence-corrected chi connectivity index (χ1v) is 7.97. The highest BCUT2D eigenvalue weighted by Crippen LogP contribution is 2.28. The Morgan fingerprint density at radius 3 is 2.38 bits per heavy atom. The van der Waals surface area contributed by atoms with E-state index in [0.717, 1.165) is 6.42 Å². The number of hydrogen-bond donors (Lipinski definition) is 2. The summed E-state index contributed by atoms with van der Waals surface area (Å²) in [5.74, 6) is -0.234. The first kappa shape index (κ1) is 17.8. The van der Waals surface area contributed by atoms with E-state index in [4.69, 9.17) is 9.84 Å². The Kier molecular flexibility index (Phi) is 6.99. The highest BCUT2D eigenvalue weighted by Gasteiger charge is 2.23. The van der Waals surface area contributed by atoms with Crippen LogP contribution in [-0.4, -0.2) is 28.8 Å². The zero-order chi connectivity index (χ0) is 15.9. The van der Waals surface area contributed by atoms with E-state index in [1.54, 1.807) is 0 Å². The molecule has 0 aromatic heterocycles. The summed E-state index contributed by atoms with van der Waals surface area (Å²) < 4.78 is 5.27. The second-order valence-corrected chi connectivity index (χ2v) is 7.02. The van der Waals surface area contributed by atoms with Gasteiger partial charge in [0.1, 0.15) is 5.60 Å². The standard InChI is InChI=1S/C16H29NO4/c1-16(2,3)21-15(20)17-13(9-10-14(18)19)11-12-7-5-4-6-8-12/h12-13H,4-11H2,1-3H3,(H,17,20)(H,18,19). The quantitative estimate of drug-likeness (QED) is 0.784. The van der Waals surface area contributed by atoms with Gasteiger partial charge in [0, 0.05) is 12.5 Å². The van der Waals surface area contributed by atoms with Crippen LogP contribution in [0.3, 0.4) is 0 Å². The molecule has 0 radical (unpaired) electrons. The lowest BCUT2D eigenvalue weighted by Crippen LogP contribution is -2.40. The molecule has 1 saturated carbocycles. The molecule has 0 aromatic carbocycles. The minimum Gasteiger partial charge on any atom is -0.481 e. The molecule has 1 fully saturated rings. The zero-order valence-electron chi connectivity index (χ0n) is 13.5.